The van der Waals surface area contributed by atoms with E-state index >= 15 is 0 Å². The Morgan fingerprint density at radius 3 is 2.81 bits per heavy atom. The summed E-state index contributed by atoms with van der Waals surface area (Å²) in [7, 11) is 0. The minimum absolute atomic E-state index is 0.236. The highest BCUT2D eigenvalue weighted by atomic mass is 79.9. The number of nitrogens with one attached hydrogen (secondary N) is 1. The summed E-state index contributed by atoms with van der Waals surface area (Å²) in [6, 6.07) is 8.71. The van der Waals surface area contributed by atoms with E-state index in [4.69, 9.17) is 11.6 Å². The molecule has 21 heavy (non-hydrogen) atoms. The predicted molar refractivity (Wildman–Crippen MR) is 92.9 cm³/mol. The van der Waals surface area contributed by atoms with Gasteiger partial charge in [0.1, 0.15) is 0 Å². The van der Waals surface area contributed by atoms with E-state index in [2.05, 4.69) is 58.3 Å². The maximum absolute atomic E-state index is 6.25. The molecule has 0 saturated carbocycles. The third kappa shape index (κ3) is 4.53. The lowest BCUT2D eigenvalue weighted by Crippen LogP contribution is -2.24. The van der Waals surface area contributed by atoms with E-state index in [0.717, 1.165) is 34.4 Å². The first-order valence-electron chi connectivity index (χ1n) is 7.19. The Hall–Kier alpha value is -0.900. The van der Waals surface area contributed by atoms with Gasteiger partial charge in [-0.25, -0.2) is 0 Å². The fourth-order valence-electron chi connectivity index (χ4n) is 2.31. The molecule has 2 rings (SSSR count). The molecule has 1 atom stereocenters. The molecule has 0 radical (unpaired) electrons. The lowest BCUT2D eigenvalue weighted by molar-refractivity contribution is 0.527. The monoisotopic (exact) mass is 366 g/mol. The highest BCUT2D eigenvalue weighted by Gasteiger charge is 2.16. The quantitative estimate of drug-likeness (QED) is 0.769. The average Bonchev–Trinajstić information content (AvgIpc) is 2.46. The average molecular weight is 368 g/mol. The maximum Gasteiger partial charge on any atom is 0.0622 e. The van der Waals surface area contributed by atoms with E-state index in [1.54, 1.807) is 12.4 Å². The van der Waals surface area contributed by atoms with Crippen LogP contribution in [-0.2, 0) is 6.42 Å². The molecule has 1 heterocycles. The Kier molecular flexibility index (Phi) is 6.22. The number of rotatable bonds is 6. The molecular weight excluding hydrogens is 348 g/mol. The van der Waals surface area contributed by atoms with Crippen molar-refractivity contribution in [2.24, 2.45) is 0 Å². The fraction of sp³-hybridized carbons (Fsp3) is 0.353. The second-order valence-electron chi connectivity index (χ2n) is 5.20. The van der Waals surface area contributed by atoms with Gasteiger partial charge in [-0.1, -0.05) is 46.6 Å². The van der Waals surface area contributed by atoms with Crippen molar-refractivity contribution in [2.45, 2.75) is 32.7 Å². The lowest BCUT2D eigenvalue weighted by atomic mass is 9.98. The van der Waals surface area contributed by atoms with Crippen LogP contribution in [0.2, 0.25) is 5.02 Å². The first-order chi connectivity index (χ1) is 10.1. The van der Waals surface area contributed by atoms with Crippen molar-refractivity contribution >= 4 is 27.5 Å². The van der Waals surface area contributed by atoms with Gasteiger partial charge in [0.25, 0.3) is 0 Å². The van der Waals surface area contributed by atoms with Gasteiger partial charge in [-0.2, -0.15) is 0 Å². The predicted octanol–water partition coefficient (Wildman–Crippen LogP) is 5.09. The Morgan fingerprint density at radius 1 is 1.33 bits per heavy atom. The Balaban J connectivity index is 2.27. The van der Waals surface area contributed by atoms with Gasteiger partial charge in [0.05, 0.1) is 5.02 Å². The molecule has 1 N–H and O–H groups in total. The van der Waals surface area contributed by atoms with Crippen LogP contribution in [0.15, 0.2) is 41.1 Å². The van der Waals surface area contributed by atoms with E-state index in [1.807, 2.05) is 6.07 Å². The molecule has 0 aliphatic carbocycles. The third-order valence-corrected chi connectivity index (χ3v) is 4.48. The number of aryl methyl sites for hydroxylation is 1. The van der Waals surface area contributed by atoms with E-state index in [-0.39, 0.29) is 6.04 Å². The van der Waals surface area contributed by atoms with Gasteiger partial charge in [0.2, 0.25) is 0 Å². The SMILES string of the molecule is CCCNC(Cc1ccncc1Cl)c1ccc(C)cc1Br. The fourth-order valence-corrected chi connectivity index (χ4v) is 3.28. The van der Waals surface area contributed by atoms with Gasteiger partial charge >= 0.3 is 0 Å². The van der Waals surface area contributed by atoms with E-state index in [9.17, 15) is 0 Å². The molecule has 0 amide bonds. The van der Waals surface area contributed by atoms with Crippen molar-refractivity contribution in [3.63, 3.8) is 0 Å². The lowest BCUT2D eigenvalue weighted by Gasteiger charge is -2.21. The van der Waals surface area contributed by atoms with E-state index in [1.165, 1.54) is 11.1 Å². The van der Waals surface area contributed by atoms with Gasteiger partial charge in [-0.3, -0.25) is 4.98 Å². The number of benzene rings is 1. The molecule has 0 saturated heterocycles. The van der Waals surface area contributed by atoms with Gasteiger partial charge in [0, 0.05) is 22.9 Å². The summed E-state index contributed by atoms with van der Waals surface area (Å²) in [5.41, 5.74) is 3.64. The molecule has 0 aliphatic rings. The molecule has 0 spiro atoms. The number of aromatic nitrogens is 1. The molecule has 2 nitrogen and oxygen atoms in total. The Morgan fingerprint density at radius 2 is 2.14 bits per heavy atom. The van der Waals surface area contributed by atoms with Gasteiger partial charge in [-0.15, -0.1) is 0 Å². The molecule has 1 aromatic carbocycles. The van der Waals surface area contributed by atoms with Crippen LogP contribution in [0.5, 0.6) is 0 Å². The molecule has 1 unspecified atom stereocenters. The summed E-state index contributed by atoms with van der Waals surface area (Å²) in [5, 5.41) is 4.34. The van der Waals surface area contributed by atoms with Crippen LogP contribution >= 0.6 is 27.5 Å². The number of hydrogen-bond donors (Lipinski definition) is 1. The highest BCUT2D eigenvalue weighted by molar-refractivity contribution is 9.10. The van der Waals surface area contributed by atoms with Crippen LogP contribution in [0, 0.1) is 6.92 Å². The van der Waals surface area contributed by atoms with Crippen LogP contribution in [-0.4, -0.2) is 11.5 Å². The highest BCUT2D eigenvalue weighted by Crippen LogP contribution is 2.29. The van der Waals surface area contributed by atoms with E-state index < -0.39 is 0 Å². The van der Waals surface area contributed by atoms with Crippen molar-refractivity contribution in [1.82, 2.24) is 10.3 Å². The molecule has 0 aliphatic heterocycles. The number of hydrogen-bond acceptors (Lipinski definition) is 2. The van der Waals surface area contributed by atoms with Gasteiger partial charge in [0.15, 0.2) is 0 Å². The van der Waals surface area contributed by atoms with Crippen molar-refractivity contribution in [3.8, 4) is 0 Å². The molecule has 1 aromatic heterocycles. The minimum Gasteiger partial charge on any atom is -0.310 e. The van der Waals surface area contributed by atoms with Crippen LogP contribution in [0.3, 0.4) is 0 Å². The third-order valence-electron chi connectivity index (χ3n) is 3.45. The maximum atomic E-state index is 6.25. The first kappa shape index (κ1) is 16.5. The van der Waals surface area contributed by atoms with Crippen LogP contribution in [0.25, 0.3) is 0 Å². The number of halogens is 2. The molecule has 0 bridgehead atoms. The minimum atomic E-state index is 0.236. The standard InChI is InChI=1S/C17H20BrClN2/c1-3-7-21-17(10-13-6-8-20-11-16(13)19)14-5-4-12(2)9-15(14)18/h4-6,8-9,11,17,21H,3,7,10H2,1-2H3. The van der Waals surface area contributed by atoms with Gasteiger partial charge < -0.3 is 5.32 Å². The van der Waals surface area contributed by atoms with Gasteiger partial charge in [-0.05, 0) is 55.1 Å². The summed E-state index contributed by atoms with van der Waals surface area (Å²) in [5.74, 6) is 0. The number of nitrogens with zero attached hydrogens (tertiary/aromatic N) is 1. The zero-order chi connectivity index (χ0) is 15.2. The van der Waals surface area contributed by atoms with Crippen molar-refractivity contribution in [3.05, 3.63) is 62.8 Å². The molecule has 112 valence electrons. The van der Waals surface area contributed by atoms with Crippen LogP contribution < -0.4 is 5.32 Å². The molecule has 0 fully saturated rings. The largest absolute Gasteiger partial charge is 0.310 e. The molecular formula is C17H20BrClN2. The molecule has 4 heteroatoms. The second-order valence-corrected chi connectivity index (χ2v) is 6.46. The second kappa shape index (κ2) is 7.92. The van der Waals surface area contributed by atoms with Crippen LogP contribution in [0.1, 0.15) is 36.1 Å². The summed E-state index contributed by atoms with van der Waals surface area (Å²) in [4.78, 5) is 4.05. The summed E-state index contributed by atoms with van der Waals surface area (Å²) in [6.45, 7) is 5.25. The molecule has 2 aromatic rings. The normalized spacial score (nSPS) is 12.4. The zero-order valence-corrected chi connectivity index (χ0v) is 14.7. The summed E-state index contributed by atoms with van der Waals surface area (Å²) in [6.07, 6.45) is 5.45. The Bertz CT molecular complexity index is 601. The summed E-state index contributed by atoms with van der Waals surface area (Å²) < 4.78 is 1.14. The zero-order valence-electron chi connectivity index (χ0n) is 12.4. The topological polar surface area (TPSA) is 24.9 Å². The van der Waals surface area contributed by atoms with Crippen molar-refractivity contribution < 1.29 is 0 Å². The smallest absolute Gasteiger partial charge is 0.0622 e. The van der Waals surface area contributed by atoms with Crippen molar-refractivity contribution in [2.75, 3.05) is 6.54 Å². The van der Waals surface area contributed by atoms with E-state index in [0.29, 0.717) is 0 Å². The van der Waals surface area contributed by atoms with Crippen molar-refractivity contribution in [1.29, 1.82) is 0 Å². The Labute approximate surface area is 140 Å². The first-order valence-corrected chi connectivity index (χ1v) is 8.36. The van der Waals surface area contributed by atoms with Crippen LogP contribution in [0.4, 0.5) is 0 Å². The number of pyridine rings is 1. The summed E-state index contributed by atoms with van der Waals surface area (Å²) >= 11 is 9.94.